The van der Waals surface area contributed by atoms with Crippen LogP contribution in [0.4, 0.5) is 0 Å². The molecule has 5 nitrogen and oxygen atoms in total. The van der Waals surface area contributed by atoms with Crippen molar-refractivity contribution in [1.82, 2.24) is 14.9 Å². The van der Waals surface area contributed by atoms with Crippen LogP contribution in [0, 0.1) is 6.92 Å². The molecule has 1 fully saturated rings. The summed E-state index contributed by atoms with van der Waals surface area (Å²) in [5.41, 5.74) is 0.831. The van der Waals surface area contributed by atoms with Gasteiger partial charge in [0.2, 0.25) is 0 Å². The SMILES string of the molecule is Cc1c(C(=O)NC2CCCCC2)sc2nc3n(c(=O)c12)CCCCC3. The van der Waals surface area contributed by atoms with E-state index in [0.29, 0.717) is 10.3 Å². The number of aromatic nitrogens is 2. The largest absolute Gasteiger partial charge is 0.349 e. The van der Waals surface area contributed by atoms with E-state index in [2.05, 4.69) is 5.32 Å². The fourth-order valence-corrected chi connectivity index (χ4v) is 5.22. The predicted molar refractivity (Wildman–Crippen MR) is 101 cm³/mol. The molecular formula is C19H25N3O2S. The van der Waals surface area contributed by atoms with E-state index >= 15 is 0 Å². The first-order valence-electron chi connectivity index (χ1n) is 9.49. The van der Waals surface area contributed by atoms with Crippen LogP contribution in [0.2, 0.25) is 0 Å². The first-order chi connectivity index (χ1) is 12.1. The van der Waals surface area contributed by atoms with Gasteiger partial charge in [0.05, 0.1) is 10.3 Å². The lowest BCUT2D eigenvalue weighted by atomic mass is 9.95. The first kappa shape index (κ1) is 16.8. The Labute approximate surface area is 151 Å². The number of amides is 1. The normalized spacial score (nSPS) is 18.8. The molecule has 1 N–H and O–H groups in total. The van der Waals surface area contributed by atoms with Gasteiger partial charge in [-0.25, -0.2) is 4.98 Å². The molecule has 0 atom stereocenters. The lowest BCUT2D eigenvalue weighted by Gasteiger charge is -2.22. The molecule has 1 amide bonds. The second kappa shape index (κ2) is 6.90. The third kappa shape index (κ3) is 3.12. The number of fused-ring (bicyclic) bond motifs is 2. The standard InChI is InChI=1S/C19H25N3O2S/c1-12-15-18(21-14-10-6-3-7-11-22(14)19(15)24)25-16(12)17(23)20-13-8-4-2-5-9-13/h13H,2-11H2,1H3,(H,20,23). The lowest BCUT2D eigenvalue weighted by Crippen LogP contribution is -2.36. The van der Waals surface area contributed by atoms with E-state index in [1.54, 1.807) is 0 Å². The predicted octanol–water partition coefficient (Wildman–Crippen LogP) is 3.56. The summed E-state index contributed by atoms with van der Waals surface area (Å²) >= 11 is 1.38. The molecule has 0 bridgehead atoms. The second-order valence-corrected chi connectivity index (χ2v) is 8.34. The molecule has 134 valence electrons. The zero-order valence-electron chi connectivity index (χ0n) is 14.8. The monoisotopic (exact) mass is 359 g/mol. The maximum absolute atomic E-state index is 13.0. The average molecular weight is 359 g/mol. The van der Waals surface area contributed by atoms with Crippen molar-refractivity contribution in [2.24, 2.45) is 0 Å². The van der Waals surface area contributed by atoms with Crippen molar-refractivity contribution >= 4 is 27.5 Å². The number of nitrogens with one attached hydrogen (secondary N) is 1. The molecule has 0 spiro atoms. The summed E-state index contributed by atoms with van der Waals surface area (Å²) in [5.74, 6) is 0.850. The fraction of sp³-hybridized carbons (Fsp3) is 0.632. The third-order valence-corrected chi connectivity index (χ3v) is 6.74. The first-order valence-corrected chi connectivity index (χ1v) is 10.3. The van der Waals surface area contributed by atoms with Crippen LogP contribution >= 0.6 is 11.3 Å². The molecule has 3 heterocycles. The van der Waals surface area contributed by atoms with Crippen LogP contribution in [0.1, 0.15) is 72.4 Å². The Morgan fingerprint density at radius 2 is 1.92 bits per heavy atom. The highest BCUT2D eigenvalue weighted by molar-refractivity contribution is 7.20. The molecule has 0 aromatic carbocycles. The number of rotatable bonds is 2. The van der Waals surface area contributed by atoms with Gasteiger partial charge in [0.1, 0.15) is 10.7 Å². The fourth-order valence-electron chi connectivity index (χ4n) is 4.12. The average Bonchev–Trinajstić information content (AvgIpc) is 2.79. The van der Waals surface area contributed by atoms with Gasteiger partial charge in [-0.05, 0) is 38.2 Å². The van der Waals surface area contributed by atoms with E-state index in [4.69, 9.17) is 4.98 Å². The van der Waals surface area contributed by atoms with Crippen molar-refractivity contribution in [3.63, 3.8) is 0 Å². The minimum Gasteiger partial charge on any atom is -0.349 e. The number of carbonyl (C=O) groups is 1. The van der Waals surface area contributed by atoms with Crippen LogP contribution in [0.3, 0.4) is 0 Å². The topological polar surface area (TPSA) is 64.0 Å². The zero-order chi connectivity index (χ0) is 17.4. The number of carbonyl (C=O) groups excluding carboxylic acids is 1. The van der Waals surface area contributed by atoms with Crippen molar-refractivity contribution < 1.29 is 4.79 Å². The summed E-state index contributed by atoms with van der Waals surface area (Å²) in [6.45, 7) is 2.64. The summed E-state index contributed by atoms with van der Waals surface area (Å²) in [6, 6.07) is 0.275. The van der Waals surface area contributed by atoms with Crippen molar-refractivity contribution in [2.75, 3.05) is 0 Å². The summed E-state index contributed by atoms with van der Waals surface area (Å²) in [7, 11) is 0. The van der Waals surface area contributed by atoms with Gasteiger partial charge < -0.3 is 5.32 Å². The number of hydrogen-bond donors (Lipinski definition) is 1. The Balaban J connectivity index is 1.71. The number of nitrogens with zero attached hydrogens (tertiary/aromatic N) is 2. The maximum atomic E-state index is 13.0. The molecule has 1 aliphatic carbocycles. The Bertz CT molecular complexity index is 862. The molecule has 2 aliphatic rings. The number of aryl methyl sites for hydroxylation is 2. The van der Waals surface area contributed by atoms with Crippen molar-refractivity contribution in [2.45, 2.75) is 77.3 Å². The molecule has 0 radical (unpaired) electrons. The van der Waals surface area contributed by atoms with Gasteiger partial charge in [-0.3, -0.25) is 14.2 Å². The van der Waals surface area contributed by atoms with Crippen molar-refractivity contribution in [1.29, 1.82) is 0 Å². The highest BCUT2D eigenvalue weighted by Crippen LogP contribution is 2.29. The molecular weight excluding hydrogens is 334 g/mol. The minimum absolute atomic E-state index is 0.0346. The van der Waals surface area contributed by atoms with Gasteiger partial charge in [-0.15, -0.1) is 11.3 Å². The van der Waals surface area contributed by atoms with E-state index in [1.807, 2.05) is 11.5 Å². The summed E-state index contributed by atoms with van der Waals surface area (Å²) < 4.78 is 1.83. The lowest BCUT2D eigenvalue weighted by molar-refractivity contribution is 0.0931. The van der Waals surface area contributed by atoms with Crippen LogP contribution in [0.25, 0.3) is 10.2 Å². The second-order valence-electron chi connectivity index (χ2n) is 7.34. The van der Waals surface area contributed by atoms with E-state index in [0.717, 1.165) is 61.3 Å². The quantitative estimate of drug-likeness (QED) is 0.892. The molecule has 25 heavy (non-hydrogen) atoms. The highest BCUT2D eigenvalue weighted by Gasteiger charge is 2.24. The van der Waals surface area contributed by atoms with Gasteiger partial charge in [0.15, 0.2) is 0 Å². The van der Waals surface area contributed by atoms with Crippen molar-refractivity contribution in [3.8, 4) is 0 Å². The Kier molecular flexibility index (Phi) is 4.63. The van der Waals surface area contributed by atoms with Crippen LogP contribution in [-0.4, -0.2) is 21.5 Å². The zero-order valence-corrected chi connectivity index (χ0v) is 15.6. The molecule has 0 unspecified atom stereocenters. The van der Waals surface area contributed by atoms with Crippen LogP contribution in [0.5, 0.6) is 0 Å². The summed E-state index contributed by atoms with van der Waals surface area (Å²) in [6.07, 6.45) is 9.86. The van der Waals surface area contributed by atoms with Gasteiger partial charge in [-0.2, -0.15) is 0 Å². The number of hydrogen-bond acceptors (Lipinski definition) is 4. The van der Waals surface area contributed by atoms with Gasteiger partial charge in [0, 0.05) is 19.0 Å². The van der Waals surface area contributed by atoms with Crippen molar-refractivity contribution in [3.05, 3.63) is 26.6 Å². The van der Waals surface area contributed by atoms with E-state index < -0.39 is 0 Å². The summed E-state index contributed by atoms with van der Waals surface area (Å²) in [5, 5.41) is 3.81. The maximum Gasteiger partial charge on any atom is 0.262 e. The smallest absolute Gasteiger partial charge is 0.262 e. The molecule has 2 aromatic heterocycles. The number of thiophene rings is 1. The van der Waals surface area contributed by atoms with Gasteiger partial charge in [-0.1, -0.05) is 25.7 Å². The van der Waals surface area contributed by atoms with E-state index in [1.165, 1.54) is 30.6 Å². The molecule has 1 aliphatic heterocycles. The highest BCUT2D eigenvalue weighted by atomic mass is 32.1. The van der Waals surface area contributed by atoms with Gasteiger partial charge >= 0.3 is 0 Å². The molecule has 6 heteroatoms. The Morgan fingerprint density at radius 3 is 2.72 bits per heavy atom. The molecule has 2 aromatic rings. The third-order valence-electron chi connectivity index (χ3n) is 5.56. The van der Waals surface area contributed by atoms with Crippen LogP contribution in [0.15, 0.2) is 4.79 Å². The molecule has 1 saturated carbocycles. The van der Waals surface area contributed by atoms with E-state index in [-0.39, 0.29) is 17.5 Å². The van der Waals surface area contributed by atoms with Gasteiger partial charge in [0.25, 0.3) is 11.5 Å². The van der Waals surface area contributed by atoms with E-state index in [9.17, 15) is 9.59 Å². The molecule has 4 rings (SSSR count). The summed E-state index contributed by atoms with van der Waals surface area (Å²) in [4.78, 5) is 31.9. The Hall–Kier alpha value is -1.69. The Morgan fingerprint density at radius 1 is 1.16 bits per heavy atom. The van der Waals surface area contributed by atoms with Crippen LogP contribution < -0.4 is 10.9 Å². The minimum atomic E-state index is -0.0352. The van der Waals surface area contributed by atoms with Crippen LogP contribution in [-0.2, 0) is 13.0 Å². The molecule has 0 saturated heterocycles.